The molecule has 1 aromatic heterocycles. The molecule has 1 saturated heterocycles. The monoisotopic (exact) mass is 398 g/mol. The van der Waals surface area contributed by atoms with Gasteiger partial charge >= 0.3 is 0 Å². The quantitative estimate of drug-likeness (QED) is 0.418. The minimum Gasteiger partial charge on any atom is -0.507 e. The van der Waals surface area contributed by atoms with Crippen LogP contribution in [0.3, 0.4) is 0 Å². The van der Waals surface area contributed by atoms with Crippen molar-refractivity contribution in [2.75, 3.05) is 33.8 Å². The summed E-state index contributed by atoms with van der Waals surface area (Å²) in [5.41, 5.74) is 0.442. The van der Waals surface area contributed by atoms with Crippen molar-refractivity contribution in [3.63, 3.8) is 0 Å². The van der Waals surface area contributed by atoms with Gasteiger partial charge in [0.05, 0.1) is 18.4 Å². The van der Waals surface area contributed by atoms with Crippen LogP contribution in [0, 0.1) is 0 Å². The zero-order chi connectivity index (χ0) is 21.0. The maximum atomic E-state index is 12.8. The number of amides is 1. The lowest BCUT2D eigenvalue weighted by molar-refractivity contribution is -0.140. The second-order valence-electron chi connectivity index (χ2n) is 7.19. The van der Waals surface area contributed by atoms with Crippen molar-refractivity contribution >= 4 is 17.4 Å². The van der Waals surface area contributed by atoms with E-state index in [2.05, 4.69) is 0 Å². The molecule has 1 atom stereocenters. The fourth-order valence-corrected chi connectivity index (χ4v) is 3.27. The molecule has 1 aliphatic heterocycles. The van der Waals surface area contributed by atoms with E-state index in [1.807, 2.05) is 25.9 Å². The Bertz CT molecular complexity index is 902. The van der Waals surface area contributed by atoms with E-state index >= 15 is 0 Å². The molecule has 1 aliphatic rings. The fourth-order valence-electron chi connectivity index (χ4n) is 3.27. The van der Waals surface area contributed by atoms with Crippen molar-refractivity contribution in [2.24, 2.45) is 0 Å². The van der Waals surface area contributed by atoms with Gasteiger partial charge in [0.25, 0.3) is 11.7 Å². The maximum Gasteiger partial charge on any atom is 0.295 e. The molecule has 1 aromatic carbocycles. The Morgan fingerprint density at radius 2 is 2.03 bits per heavy atom. The topological polar surface area (TPSA) is 83.2 Å². The first-order chi connectivity index (χ1) is 13.9. The molecule has 1 N–H and O–H groups in total. The largest absolute Gasteiger partial charge is 0.507 e. The van der Waals surface area contributed by atoms with E-state index in [4.69, 9.17) is 9.15 Å². The van der Waals surface area contributed by atoms with E-state index in [-0.39, 0.29) is 11.3 Å². The number of benzene rings is 1. The number of rotatable bonds is 8. The first-order valence-corrected chi connectivity index (χ1v) is 9.63. The van der Waals surface area contributed by atoms with Crippen molar-refractivity contribution in [3.8, 4) is 5.75 Å². The summed E-state index contributed by atoms with van der Waals surface area (Å²) in [6.45, 7) is 3.46. The molecule has 3 rings (SSSR count). The Balaban J connectivity index is 2.04. The molecule has 1 amide bonds. The van der Waals surface area contributed by atoms with Crippen molar-refractivity contribution in [2.45, 2.75) is 19.4 Å². The number of likely N-dealkylation sites (N-methyl/N-ethyl adjacent to an activating group) is 1. The van der Waals surface area contributed by atoms with Crippen LogP contribution in [0.25, 0.3) is 5.76 Å². The number of carbonyl (C=O) groups is 2. The molecule has 0 spiro atoms. The van der Waals surface area contributed by atoms with E-state index in [1.54, 1.807) is 36.4 Å². The minimum atomic E-state index is -0.773. The lowest BCUT2D eigenvalue weighted by atomic mass is 9.99. The van der Waals surface area contributed by atoms with Gasteiger partial charge < -0.3 is 24.1 Å². The highest BCUT2D eigenvalue weighted by molar-refractivity contribution is 6.46. The van der Waals surface area contributed by atoms with Crippen LogP contribution in [0.2, 0.25) is 0 Å². The number of ether oxygens (including phenoxy) is 1. The van der Waals surface area contributed by atoms with Crippen molar-refractivity contribution < 1.29 is 23.8 Å². The summed E-state index contributed by atoms with van der Waals surface area (Å²) >= 11 is 0. The Morgan fingerprint density at radius 1 is 1.24 bits per heavy atom. The zero-order valence-corrected chi connectivity index (χ0v) is 16.9. The minimum absolute atomic E-state index is 0.0244. The normalized spacial score (nSPS) is 18.6. The summed E-state index contributed by atoms with van der Waals surface area (Å²) in [5.74, 6) is -0.579. The van der Waals surface area contributed by atoms with Crippen LogP contribution in [0.4, 0.5) is 0 Å². The Kier molecular flexibility index (Phi) is 6.39. The van der Waals surface area contributed by atoms with E-state index in [1.165, 1.54) is 11.2 Å². The molecular weight excluding hydrogens is 372 g/mol. The first kappa shape index (κ1) is 20.7. The Labute approximate surface area is 170 Å². The summed E-state index contributed by atoms with van der Waals surface area (Å²) in [6, 6.07) is 9.49. The predicted octanol–water partition coefficient (Wildman–Crippen LogP) is 3.05. The highest BCUT2D eigenvalue weighted by Gasteiger charge is 2.47. The van der Waals surface area contributed by atoms with Gasteiger partial charge in [0.1, 0.15) is 23.3 Å². The summed E-state index contributed by atoms with van der Waals surface area (Å²) in [6.07, 6.45) is 2.34. The maximum absolute atomic E-state index is 12.8. The average molecular weight is 398 g/mol. The molecule has 29 heavy (non-hydrogen) atoms. The lowest BCUT2D eigenvalue weighted by Crippen LogP contribution is -2.35. The standard InChI is InChI=1S/C22H26N2O5/c1-4-12-28-16-8-5-7-15(14-16)20(25)18-19(17-9-6-13-29-17)24(11-10-23(2)3)22(27)21(18)26/h5-9,13-14,19,25H,4,10-12H2,1-3H3. The van der Waals surface area contributed by atoms with Crippen molar-refractivity contribution in [3.05, 3.63) is 59.6 Å². The highest BCUT2D eigenvalue weighted by Crippen LogP contribution is 2.39. The summed E-state index contributed by atoms with van der Waals surface area (Å²) < 4.78 is 11.1. The van der Waals surface area contributed by atoms with Gasteiger partial charge in [0, 0.05) is 18.7 Å². The van der Waals surface area contributed by atoms with Gasteiger partial charge in [-0.1, -0.05) is 19.1 Å². The summed E-state index contributed by atoms with van der Waals surface area (Å²) in [5, 5.41) is 11.0. The van der Waals surface area contributed by atoms with Crippen molar-refractivity contribution in [1.82, 2.24) is 9.80 Å². The van der Waals surface area contributed by atoms with Gasteiger partial charge in [-0.3, -0.25) is 9.59 Å². The van der Waals surface area contributed by atoms with Crippen LogP contribution in [-0.4, -0.2) is 60.4 Å². The number of ketones is 1. The van der Waals surface area contributed by atoms with E-state index in [0.29, 0.717) is 36.8 Å². The third-order valence-corrected chi connectivity index (χ3v) is 4.72. The van der Waals surface area contributed by atoms with E-state index in [9.17, 15) is 14.7 Å². The number of aliphatic hydroxyl groups excluding tert-OH is 1. The first-order valence-electron chi connectivity index (χ1n) is 9.63. The molecule has 1 unspecified atom stereocenters. The van der Waals surface area contributed by atoms with E-state index < -0.39 is 17.7 Å². The molecule has 2 heterocycles. The van der Waals surface area contributed by atoms with Crippen LogP contribution in [0.15, 0.2) is 52.7 Å². The smallest absolute Gasteiger partial charge is 0.295 e. The number of Topliss-reactive ketones (excluding diaryl/α,β-unsaturated/α-hetero) is 1. The molecule has 7 heteroatoms. The van der Waals surface area contributed by atoms with Crippen LogP contribution in [0.5, 0.6) is 5.75 Å². The van der Waals surface area contributed by atoms with Crippen LogP contribution < -0.4 is 4.74 Å². The second kappa shape index (κ2) is 8.96. The zero-order valence-electron chi connectivity index (χ0n) is 16.9. The van der Waals surface area contributed by atoms with Gasteiger partial charge in [-0.25, -0.2) is 0 Å². The van der Waals surface area contributed by atoms with E-state index in [0.717, 1.165) is 6.42 Å². The molecular formula is C22H26N2O5. The number of furan rings is 1. The Hall–Kier alpha value is -3.06. The number of hydrogen-bond donors (Lipinski definition) is 1. The lowest BCUT2D eigenvalue weighted by Gasteiger charge is -2.24. The molecule has 2 aromatic rings. The molecule has 0 bridgehead atoms. The average Bonchev–Trinajstić information content (AvgIpc) is 3.32. The third-order valence-electron chi connectivity index (χ3n) is 4.72. The van der Waals surface area contributed by atoms with Crippen LogP contribution in [0.1, 0.15) is 30.7 Å². The summed E-state index contributed by atoms with van der Waals surface area (Å²) in [7, 11) is 3.78. The number of carbonyl (C=O) groups excluding carboxylic acids is 2. The Morgan fingerprint density at radius 3 is 2.69 bits per heavy atom. The molecule has 154 valence electrons. The second-order valence-corrected chi connectivity index (χ2v) is 7.19. The number of hydrogen-bond acceptors (Lipinski definition) is 6. The van der Waals surface area contributed by atoms with Crippen LogP contribution in [-0.2, 0) is 9.59 Å². The third kappa shape index (κ3) is 4.35. The van der Waals surface area contributed by atoms with Gasteiger partial charge in [-0.15, -0.1) is 0 Å². The van der Waals surface area contributed by atoms with Gasteiger partial charge in [0.2, 0.25) is 0 Å². The number of nitrogens with zero attached hydrogens (tertiary/aromatic N) is 2. The highest BCUT2D eigenvalue weighted by atomic mass is 16.5. The predicted molar refractivity (Wildman–Crippen MR) is 108 cm³/mol. The fraction of sp³-hybridized carbons (Fsp3) is 0.364. The SMILES string of the molecule is CCCOc1cccc(C(O)=C2C(=O)C(=O)N(CCN(C)C)C2c2ccco2)c1. The number of aliphatic hydroxyl groups is 1. The molecule has 0 radical (unpaired) electrons. The molecule has 0 saturated carbocycles. The summed E-state index contributed by atoms with van der Waals surface area (Å²) in [4.78, 5) is 28.9. The van der Waals surface area contributed by atoms with Crippen molar-refractivity contribution in [1.29, 1.82) is 0 Å². The van der Waals surface area contributed by atoms with Gasteiger partial charge in [0.15, 0.2) is 0 Å². The molecule has 1 fully saturated rings. The molecule has 0 aliphatic carbocycles. The van der Waals surface area contributed by atoms with Gasteiger partial charge in [-0.05, 0) is 44.8 Å². The molecule has 7 nitrogen and oxygen atoms in total. The van der Waals surface area contributed by atoms with Gasteiger partial charge in [-0.2, -0.15) is 0 Å². The number of likely N-dealkylation sites (tertiary alicyclic amines) is 1. The van der Waals surface area contributed by atoms with Crippen LogP contribution >= 0.6 is 0 Å².